The smallest absolute Gasteiger partial charge is 0.219 e. The second-order valence-corrected chi connectivity index (χ2v) is 3.32. The van der Waals surface area contributed by atoms with Crippen LogP contribution in [-0.2, 0) is 4.79 Å². The molecule has 0 aromatic heterocycles. The molecule has 1 rings (SSSR count). The summed E-state index contributed by atoms with van der Waals surface area (Å²) in [6.45, 7) is 5.01. The van der Waals surface area contributed by atoms with E-state index >= 15 is 0 Å². The molecule has 11 heavy (non-hydrogen) atoms. The Kier molecular flexibility index (Phi) is 2.92. The van der Waals surface area contributed by atoms with Gasteiger partial charge in [-0.1, -0.05) is 20.3 Å². The number of nitrogens with one attached hydrogen (secondary N) is 1. The van der Waals surface area contributed by atoms with Crippen molar-refractivity contribution in [2.24, 2.45) is 11.8 Å². The van der Waals surface area contributed by atoms with Crippen molar-refractivity contribution in [1.29, 1.82) is 0 Å². The third kappa shape index (κ3) is 2.52. The van der Waals surface area contributed by atoms with Gasteiger partial charge in [0.15, 0.2) is 0 Å². The molecule has 1 N–H and O–H groups in total. The predicted molar refractivity (Wildman–Crippen MR) is 45.2 cm³/mol. The number of carbonyl (C=O) groups excluding carboxylic acids is 1. The fourth-order valence-electron chi connectivity index (χ4n) is 1.43. The highest BCUT2D eigenvalue weighted by atomic mass is 16.1. The van der Waals surface area contributed by atoms with Gasteiger partial charge in [-0.05, 0) is 18.3 Å². The zero-order valence-corrected chi connectivity index (χ0v) is 7.39. The molecule has 1 amide bonds. The molecule has 0 aromatic rings. The monoisotopic (exact) mass is 155 g/mol. The summed E-state index contributed by atoms with van der Waals surface area (Å²) in [5.41, 5.74) is 0. The van der Waals surface area contributed by atoms with Crippen LogP contribution in [0.1, 0.15) is 33.1 Å². The van der Waals surface area contributed by atoms with Crippen LogP contribution in [0.3, 0.4) is 0 Å². The number of hydrogen-bond donors (Lipinski definition) is 1. The molecule has 0 bridgehead atoms. The summed E-state index contributed by atoms with van der Waals surface area (Å²) in [5.74, 6) is 1.87. The third-order valence-electron chi connectivity index (χ3n) is 2.48. The van der Waals surface area contributed by atoms with Gasteiger partial charge in [0.05, 0.1) is 0 Å². The van der Waals surface area contributed by atoms with E-state index in [1.807, 2.05) is 6.92 Å². The molecular formula is C9H17NO. The molecule has 0 spiro atoms. The Bertz CT molecular complexity index is 144. The average molecular weight is 155 g/mol. The first kappa shape index (κ1) is 8.57. The summed E-state index contributed by atoms with van der Waals surface area (Å²) in [7, 11) is 0. The molecule has 0 unspecified atom stereocenters. The van der Waals surface area contributed by atoms with Crippen molar-refractivity contribution in [2.75, 3.05) is 6.54 Å². The van der Waals surface area contributed by atoms with Crippen molar-refractivity contribution in [3.05, 3.63) is 0 Å². The van der Waals surface area contributed by atoms with E-state index in [0.717, 1.165) is 18.4 Å². The van der Waals surface area contributed by atoms with E-state index in [1.165, 1.54) is 12.8 Å². The number of carbonyl (C=O) groups is 1. The Balaban J connectivity index is 2.01. The zero-order chi connectivity index (χ0) is 8.27. The number of amides is 1. The van der Waals surface area contributed by atoms with E-state index in [0.29, 0.717) is 6.42 Å². The Morgan fingerprint density at radius 1 is 1.45 bits per heavy atom. The highest BCUT2D eigenvalue weighted by Gasteiger charge is 2.34. The maximum absolute atomic E-state index is 10.8. The molecule has 2 nitrogen and oxygen atoms in total. The normalized spacial score (nSPS) is 28.2. The summed E-state index contributed by atoms with van der Waals surface area (Å²) < 4.78 is 0. The Labute approximate surface area is 68.4 Å². The SMILES string of the molecule is CCC(=O)NC[C@@H]1C[C@H]1CC. The standard InChI is InChI=1S/C9H17NO/c1-3-7-5-8(7)6-10-9(11)4-2/h7-8H,3-6H2,1-2H3,(H,10,11)/t7-,8+/m1/s1. The maximum Gasteiger partial charge on any atom is 0.219 e. The van der Waals surface area contributed by atoms with E-state index < -0.39 is 0 Å². The van der Waals surface area contributed by atoms with Crippen molar-refractivity contribution in [1.82, 2.24) is 5.32 Å². The minimum absolute atomic E-state index is 0.187. The van der Waals surface area contributed by atoms with Gasteiger partial charge in [0.2, 0.25) is 5.91 Å². The van der Waals surface area contributed by atoms with E-state index in [9.17, 15) is 4.79 Å². The van der Waals surface area contributed by atoms with Gasteiger partial charge >= 0.3 is 0 Å². The van der Waals surface area contributed by atoms with E-state index in [4.69, 9.17) is 0 Å². The molecule has 0 saturated heterocycles. The maximum atomic E-state index is 10.8. The van der Waals surface area contributed by atoms with Crippen LogP contribution < -0.4 is 5.32 Å². The van der Waals surface area contributed by atoms with Gasteiger partial charge in [0, 0.05) is 13.0 Å². The Morgan fingerprint density at radius 2 is 2.18 bits per heavy atom. The molecule has 0 heterocycles. The van der Waals surface area contributed by atoms with Crippen molar-refractivity contribution in [2.45, 2.75) is 33.1 Å². The molecule has 0 aromatic carbocycles. The second-order valence-electron chi connectivity index (χ2n) is 3.32. The fourth-order valence-corrected chi connectivity index (χ4v) is 1.43. The van der Waals surface area contributed by atoms with Gasteiger partial charge in [-0.3, -0.25) is 4.79 Å². The quantitative estimate of drug-likeness (QED) is 0.656. The Morgan fingerprint density at radius 3 is 2.64 bits per heavy atom. The first-order valence-corrected chi connectivity index (χ1v) is 4.54. The molecule has 1 aliphatic rings. The first-order chi connectivity index (χ1) is 5.27. The van der Waals surface area contributed by atoms with Crippen LogP contribution >= 0.6 is 0 Å². The molecule has 2 heteroatoms. The second kappa shape index (κ2) is 3.74. The van der Waals surface area contributed by atoms with Crippen LogP contribution in [0.15, 0.2) is 0 Å². The lowest BCUT2D eigenvalue weighted by atomic mass is 10.2. The predicted octanol–water partition coefficient (Wildman–Crippen LogP) is 1.56. The molecular weight excluding hydrogens is 138 g/mol. The van der Waals surface area contributed by atoms with Gasteiger partial charge < -0.3 is 5.32 Å². The summed E-state index contributed by atoms with van der Waals surface area (Å²) >= 11 is 0. The van der Waals surface area contributed by atoms with E-state index in [1.54, 1.807) is 0 Å². The molecule has 1 fully saturated rings. The molecule has 0 radical (unpaired) electrons. The highest BCUT2D eigenvalue weighted by Crippen LogP contribution is 2.40. The summed E-state index contributed by atoms with van der Waals surface area (Å²) in [5, 5.41) is 2.92. The highest BCUT2D eigenvalue weighted by molar-refractivity contribution is 5.75. The van der Waals surface area contributed by atoms with Crippen molar-refractivity contribution < 1.29 is 4.79 Å². The van der Waals surface area contributed by atoms with E-state index in [2.05, 4.69) is 12.2 Å². The topological polar surface area (TPSA) is 29.1 Å². The molecule has 64 valence electrons. The molecule has 0 aliphatic heterocycles. The largest absolute Gasteiger partial charge is 0.356 e. The van der Waals surface area contributed by atoms with Gasteiger partial charge in [-0.25, -0.2) is 0 Å². The van der Waals surface area contributed by atoms with Gasteiger partial charge in [0.25, 0.3) is 0 Å². The molecule has 1 saturated carbocycles. The van der Waals surface area contributed by atoms with Crippen molar-refractivity contribution in [3.8, 4) is 0 Å². The van der Waals surface area contributed by atoms with Crippen LogP contribution in [-0.4, -0.2) is 12.5 Å². The zero-order valence-electron chi connectivity index (χ0n) is 7.39. The number of rotatable bonds is 4. The summed E-state index contributed by atoms with van der Waals surface area (Å²) in [6, 6.07) is 0. The van der Waals surface area contributed by atoms with Gasteiger partial charge in [-0.2, -0.15) is 0 Å². The lowest BCUT2D eigenvalue weighted by molar-refractivity contribution is -0.120. The lowest BCUT2D eigenvalue weighted by Gasteiger charge is -2.00. The minimum Gasteiger partial charge on any atom is -0.356 e. The van der Waals surface area contributed by atoms with E-state index in [-0.39, 0.29) is 5.91 Å². The third-order valence-corrected chi connectivity index (χ3v) is 2.48. The van der Waals surface area contributed by atoms with Crippen LogP contribution in [0.25, 0.3) is 0 Å². The van der Waals surface area contributed by atoms with Crippen LogP contribution in [0, 0.1) is 11.8 Å². The van der Waals surface area contributed by atoms with Gasteiger partial charge in [0.1, 0.15) is 0 Å². The average Bonchev–Trinajstić information content (AvgIpc) is 2.78. The van der Waals surface area contributed by atoms with Crippen molar-refractivity contribution >= 4 is 5.91 Å². The molecule has 2 atom stereocenters. The Hall–Kier alpha value is -0.530. The summed E-state index contributed by atoms with van der Waals surface area (Å²) in [4.78, 5) is 10.8. The summed E-state index contributed by atoms with van der Waals surface area (Å²) in [6.07, 6.45) is 3.21. The lowest BCUT2D eigenvalue weighted by Crippen LogP contribution is -2.24. The van der Waals surface area contributed by atoms with Crippen LogP contribution in [0.4, 0.5) is 0 Å². The van der Waals surface area contributed by atoms with Gasteiger partial charge in [-0.15, -0.1) is 0 Å². The van der Waals surface area contributed by atoms with Crippen molar-refractivity contribution in [3.63, 3.8) is 0 Å². The fraction of sp³-hybridized carbons (Fsp3) is 0.889. The first-order valence-electron chi connectivity index (χ1n) is 4.54. The van der Waals surface area contributed by atoms with Crippen LogP contribution in [0.5, 0.6) is 0 Å². The number of hydrogen-bond acceptors (Lipinski definition) is 1. The minimum atomic E-state index is 0.187. The van der Waals surface area contributed by atoms with Crippen LogP contribution in [0.2, 0.25) is 0 Å². The molecule has 1 aliphatic carbocycles.